The van der Waals surface area contributed by atoms with Gasteiger partial charge in [0, 0.05) is 25.6 Å². The van der Waals surface area contributed by atoms with Crippen LogP contribution in [0, 0.1) is 5.82 Å². The number of aromatic nitrogens is 3. The van der Waals surface area contributed by atoms with E-state index in [-0.39, 0.29) is 34.7 Å². The molecule has 4 rings (SSSR count). The highest BCUT2D eigenvalue weighted by Gasteiger charge is 2.39. The van der Waals surface area contributed by atoms with Crippen LogP contribution in [-0.4, -0.2) is 69.1 Å². The van der Waals surface area contributed by atoms with Gasteiger partial charge in [0.1, 0.15) is 22.3 Å². The van der Waals surface area contributed by atoms with Crippen LogP contribution in [-0.2, 0) is 4.74 Å². The highest BCUT2D eigenvalue weighted by atomic mass is 35.5. The molecular weight excluding hydrogens is 457 g/mol. The molecule has 2 aromatic heterocycles. The van der Waals surface area contributed by atoms with E-state index in [4.69, 9.17) is 26.1 Å². The van der Waals surface area contributed by atoms with Crippen LogP contribution in [0.3, 0.4) is 0 Å². The average molecular weight is 484 g/mol. The summed E-state index contributed by atoms with van der Waals surface area (Å²) in [6, 6.07) is -0.217. The number of carbonyl (C=O) groups is 1. The highest BCUT2D eigenvalue weighted by molar-refractivity contribution is 7.99. The second-order valence-electron chi connectivity index (χ2n) is 8.93. The smallest absolute Gasteiger partial charge is 0.410 e. The Morgan fingerprint density at radius 3 is 2.75 bits per heavy atom. The van der Waals surface area contributed by atoms with Gasteiger partial charge in [-0.1, -0.05) is 30.3 Å². The lowest BCUT2D eigenvalue weighted by atomic mass is 10.0. The van der Waals surface area contributed by atoms with Gasteiger partial charge in [-0.05, 0) is 33.4 Å². The minimum atomic E-state index is -0.687. The summed E-state index contributed by atoms with van der Waals surface area (Å²) in [7, 11) is 0. The maximum Gasteiger partial charge on any atom is 0.410 e. The van der Waals surface area contributed by atoms with Gasteiger partial charge in [-0.3, -0.25) is 0 Å². The maximum atomic E-state index is 15.0. The number of hydrogen-bond acceptors (Lipinski definition) is 8. The molecule has 2 aromatic rings. The lowest BCUT2D eigenvalue weighted by Crippen LogP contribution is -2.60. The molecule has 4 heterocycles. The SMILES string of the molecule is CCSc1nc2c3c(nc(Cl)c(F)c3n1)OCC[C@@H]1CN(C(=O)OC(C)(C)C)[C@H](C)CN21. The summed E-state index contributed by atoms with van der Waals surface area (Å²) in [6.07, 6.45) is 0.284. The predicted molar refractivity (Wildman–Crippen MR) is 122 cm³/mol. The molecule has 0 saturated carbocycles. The molecule has 0 radical (unpaired) electrons. The topological polar surface area (TPSA) is 80.7 Å². The zero-order valence-electron chi connectivity index (χ0n) is 18.8. The first-order chi connectivity index (χ1) is 15.1. The Morgan fingerprint density at radius 2 is 2.06 bits per heavy atom. The van der Waals surface area contributed by atoms with E-state index in [1.165, 1.54) is 11.8 Å². The van der Waals surface area contributed by atoms with Crippen molar-refractivity contribution >= 4 is 46.2 Å². The number of amides is 1. The Kier molecular flexibility index (Phi) is 6.28. The minimum Gasteiger partial charge on any atom is -0.477 e. The van der Waals surface area contributed by atoms with E-state index in [9.17, 15) is 9.18 Å². The summed E-state index contributed by atoms with van der Waals surface area (Å²) in [5.41, 5.74) is -0.478. The Morgan fingerprint density at radius 1 is 1.31 bits per heavy atom. The van der Waals surface area contributed by atoms with Crippen LogP contribution < -0.4 is 9.64 Å². The second kappa shape index (κ2) is 8.70. The van der Waals surface area contributed by atoms with Gasteiger partial charge < -0.3 is 19.3 Å². The molecule has 8 nitrogen and oxygen atoms in total. The van der Waals surface area contributed by atoms with Crippen LogP contribution in [0.4, 0.5) is 15.0 Å². The van der Waals surface area contributed by atoms with Crippen molar-refractivity contribution in [1.82, 2.24) is 19.9 Å². The van der Waals surface area contributed by atoms with Crippen molar-refractivity contribution in [2.75, 3.05) is 30.3 Å². The number of thioether (sulfide) groups is 1. The number of anilines is 1. The minimum absolute atomic E-state index is 0.0804. The van der Waals surface area contributed by atoms with Gasteiger partial charge in [-0.15, -0.1) is 0 Å². The normalized spacial score (nSPS) is 21.0. The van der Waals surface area contributed by atoms with Gasteiger partial charge in [-0.25, -0.2) is 19.2 Å². The first-order valence-corrected chi connectivity index (χ1v) is 12.0. The van der Waals surface area contributed by atoms with E-state index in [0.29, 0.717) is 42.5 Å². The number of carbonyl (C=O) groups excluding carboxylic acids is 1. The molecule has 1 saturated heterocycles. The molecule has 2 atom stereocenters. The number of hydrogen-bond donors (Lipinski definition) is 0. The van der Waals surface area contributed by atoms with Crippen LogP contribution in [0.2, 0.25) is 5.15 Å². The van der Waals surface area contributed by atoms with Crippen molar-refractivity contribution in [3.63, 3.8) is 0 Å². The summed E-state index contributed by atoms with van der Waals surface area (Å²) < 4.78 is 26.5. The molecule has 2 aliphatic rings. The van der Waals surface area contributed by atoms with E-state index < -0.39 is 11.4 Å². The lowest BCUT2D eigenvalue weighted by Gasteiger charge is -2.46. The molecule has 0 bridgehead atoms. The first-order valence-electron chi connectivity index (χ1n) is 10.7. The van der Waals surface area contributed by atoms with E-state index in [2.05, 4.69) is 14.9 Å². The lowest BCUT2D eigenvalue weighted by molar-refractivity contribution is 0.0115. The highest BCUT2D eigenvalue weighted by Crippen LogP contribution is 2.40. The summed E-state index contributed by atoms with van der Waals surface area (Å²) in [6.45, 7) is 10.8. The van der Waals surface area contributed by atoms with Crippen LogP contribution in [0.5, 0.6) is 5.88 Å². The van der Waals surface area contributed by atoms with Crippen LogP contribution in [0.15, 0.2) is 5.16 Å². The molecule has 0 aliphatic carbocycles. The van der Waals surface area contributed by atoms with Gasteiger partial charge in [0.2, 0.25) is 5.88 Å². The summed E-state index contributed by atoms with van der Waals surface area (Å²) in [5.74, 6) is 0.841. The van der Waals surface area contributed by atoms with Crippen LogP contribution in [0.1, 0.15) is 41.0 Å². The Bertz CT molecular complexity index is 1050. The molecule has 0 aromatic carbocycles. The predicted octanol–water partition coefficient (Wildman–Crippen LogP) is 4.53. The number of nitrogens with zero attached hydrogens (tertiary/aromatic N) is 5. The Balaban J connectivity index is 1.79. The van der Waals surface area contributed by atoms with E-state index in [1.807, 2.05) is 34.6 Å². The Hall–Kier alpha value is -2.07. The number of rotatable bonds is 2. The second-order valence-corrected chi connectivity index (χ2v) is 10.5. The van der Waals surface area contributed by atoms with Crippen LogP contribution in [0.25, 0.3) is 10.9 Å². The quantitative estimate of drug-likeness (QED) is 0.350. The molecular formula is C21H27ClFN5O3S. The fourth-order valence-electron chi connectivity index (χ4n) is 3.99. The zero-order chi connectivity index (χ0) is 23.2. The molecule has 174 valence electrons. The average Bonchev–Trinajstić information content (AvgIpc) is 2.69. The molecule has 0 N–H and O–H groups in total. The van der Waals surface area contributed by atoms with Gasteiger partial charge in [0.25, 0.3) is 0 Å². The number of piperazine rings is 1. The van der Waals surface area contributed by atoms with Crippen molar-refractivity contribution in [2.45, 2.75) is 63.9 Å². The molecule has 0 unspecified atom stereocenters. The monoisotopic (exact) mass is 483 g/mol. The van der Waals surface area contributed by atoms with Crippen molar-refractivity contribution in [1.29, 1.82) is 0 Å². The van der Waals surface area contributed by atoms with E-state index in [0.717, 1.165) is 5.75 Å². The third kappa shape index (κ3) is 4.39. The van der Waals surface area contributed by atoms with Gasteiger partial charge >= 0.3 is 6.09 Å². The first kappa shape index (κ1) is 23.1. The molecule has 32 heavy (non-hydrogen) atoms. The molecule has 0 spiro atoms. The molecule has 1 fully saturated rings. The number of fused-ring (bicyclic) bond motifs is 2. The third-order valence-electron chi connectivity index (χ3n) is 5.38. The largest absolute Gasteiger partial charge is 0.477 e. The number of ether oxygens (including phenoxy) is 2. The summed E-state index contributed by atoms with van der Waals surface area (Å²) >= 11 is 7.46. The Labute approximate surface area is 195 Å². The van der Waals surface area contributed by atoms with E-state index >= 15 is 0 Å². The van der Waals surface area contributed by atoms with Crippen LogP contribution >= 0.6 is 23.4 Å². The van der Waals surface area contributed by atoms with E-state index in [1.54, 1.807) is 4.90 Å². The molecule has 1 amide bonds. The van der Waals surface area contributed by atoms with Gasteiger partial charge in [0.15, 0.2) is 16.1 Å². The fourth-order valence-corrected chi connectivity index (χ4v) is 4.72. The van der Waals surface area contributed by atoms with Crippen molar-refractivity contribution < 1.29 is 18.7 Å². The fraction of sp³-hybridized carbons (Fsp3) is 0.619. The maximum absolute atomic E-state index is 15.0. The third-order valence-corrected chi connectivity index (χ3v) is 6.36. The van der Waals surface area contributed by atoms with Gasteiger partial charge in [0.05, 0.1) is 12.6 Å². The number of pyridine rings is 1. The van der Waals surface area contributed by atoms with Crippen molar-refractivity contribution in [3.05, 3.63) is 11.0 Å². The van der Waals surface area contributed by atoms with Gasteiger partial charge in [-0.2, -0.15) is 4.98 Å². The molecule has 2 aliphatic heterocycles. The van der Waals surface area contributed by atoms with Crippen molar-refractivity contribution in [2.24, 2.45) is 0 Å². The molecule has 11 heteroatoms. The standard InChI is InChI=1S/C21H27ClFN5O3S/c1-6-32-19-24-15-13-17(26-19)28-9-11(2)27(20(29)31-21(3,4)5)10-12(28)7-8-30-18(13)25-16(22)14(15)23/h11-12H,6-10H2,1-5H3/t11-,12-/m1/s1. The summed E-state index contributed by atoms with van der Waals surface area (Å²) in [4.78, 5) is 30.0. The zero-order valence-corrected chi connectivity index (χ0v) is 20.4. The number of halogens is 2. The van der Waals surface area contributed by atoms with Crippen molar-refractivity contribution in [3.8, 4) is 5.88 Å². The summed E-state index contributed by atoms with van der Waals surface area (Å²) in [5, 5.41) is 0.600.